The Morgan fingerprint density at radius 2 is 1.56 bits per heavy atom. The molecular weight excluding hydrogens is 502 g/mol. The predicted octanol–water partition coefficient (Wildman–Crippen LogP) is 3.44. The highest BCUT2D eigenvalue weighted by Gasteiger charge is 2.18. The first kappa shape index (κ1) is 29.0. The first-order valence-electron chi connectivity index (χ1n) is 12.0. The summed E-state index contributed by atoms with van der Waals surface area (Å²) < 4.78 is 22.0. The van der Waals surface area contributed by atoms with Gasteiger partial charge in [-0.3, -0.25) is 4.79 Å². The van der Waals surface area contributed by atoms with Crippen LogP contribution in [0.1, 0.15) is 0 Å². The van der Waals surface area contributed by atoms with Gasteiger partial charge >= 0.3 is 0 Å². The van der Waals surface area contributed by atoms with E-state index < -0.39 is 0 Å². The molecule has 0 atom stereocenters. The van der Waals surface area contributed by atoms with E-state index in [1.807, 2.05) is 32.1 Å². The fraction of sp³-hybridized carbons (Fsp3) is 0.333. The van der Waals surface area contributed by atoms with E-state index in [9.17, 15) is 4.79 Å². The van der Waals surface area contributed by atoms with Crippen LogP contribution in [0.2, 0.25) is 0 Å². The maximum Gasteiger partial charge on any atom is 0.247 e. The molecule has 0 bridgehead atoms. The average Bonchev–Trinajstić information content (AvgIpc) is 2.95. The van der Waals surface area contributed by atoms with Gasteiger partial charge in [-0.25, -0.2) is 9.97 Å². The van der Waals surface area contributed by atoms with E-state index in [2.05, 4.69) is 37.1 Å². The highest BCUT2D eigenvalue weighted by atomic mass is 16.5. The average molecular weight is 538 g/mol. The van der Waals surface area contributed by atoms with Crippen molar-refractivity contribution in [2.24, 2.45) is 0 Å². The molecule has 2 N–H and O–H groups in total. The minimum absolute atomic E-state index is 0.266. The second-order valence-corrected chi connectivity index (χ2v) is 8.66. The van der Waals surface area contributed by atoms with E-state index in [1.54, 1.807) is 25.3 Å². The molecular formula is C27H35N7O5. The molecule has 1 amide bonds. The minimum atomic E-state index is -0.335. The zero-order valence-corrected chi connectivity index (χ0v) is 23.4. The molecule has 0 aliphatic rings. The number of carbonyl (C=O) groups is 1. The van der Waals surface area contributed by atoms with Gasteiger partial charge in [0.2, 0.25) is 17.6 Å². The van der Waals surface area contributed by atoms with Gasteiger partial charge < -0.3 is 39.4 Å². The number of hydrogen-bond acceptors (Lipinski definition) is 11. The van der Waals surface area contributed by atoms with Crippen LogP contribution in [-0.2, 0) is 4.79 Å². The fourth-order valence-electron chi connectivity index (χ4n) is 3.73. The van der Waals surface area contributed by atoms with Crippen molar-refractivity contribution >= 4 is 28.9 Å². The third-order valence-corrected chi connectivity index (χ3v) is 5.80. The molecule has 2 aromatic carbocycles. The molecule has 0 aliphatic heterocycles. The van der Waals surface area contributed by atoms with E-state index in [1.165, 1.54) is 33.7 Å². The number of rotatable bonds is 13. The summed E-state index contributed by atoms with van der Waals surface area (Å²) >= 11 is 0. The fourth-order valence-corrected chi connectivity index (χ4v) is 3.73. The highest BCUT2D eigenvalue weighted by molar-refractivity contribution is 6.02. The number of nitrogens with zero attached hydrogens (tertiary/aromatic N) is 5. The van der Waals surface area contributed by atoms with Gasteiger partial charge in [-0.05, 0) is 38.4 Å². The number of anilines is 4. The number of ether oxygens (including phenoxy) is 4. The second-order valence-electron chi connectivity index (χ2n) is 8.66. The molecule has 0 fully saturated rings. The van der Waals surface area contributed by atoms with Gasteiger partial charge in [0.15, 0.2) is 17.3 Å². The molecule has 39 heavy (non-hydrogen) atoms. The summed E-state index contributed by atoms with van der Waals surface area (Å²) in [6.07, 6.45) is 2.61. The van der Waals surface area contributed by atoms with Gasteiger partial charge in [0.05, 0.1) is 45.5 Å². The van der Waals surface area contributed by atoms with E-state index in [-0.39, 0.29) is 11.9 Å². The number of likely N-dealkylation sites (N-methyl/N-ethyl adjacent to an activating group) is 2. The molecule has 1 aromatic heterocycles. The maximum atomic E-state index is 12.2. The molecule has 3 rings (SSSR count). The maximum absolute atomic E-state index is 12.2. The van der Waals surface area contributed by atoms with Crippen LogP contribution in [0.5, 0.6) is 23.0 Å². The van der Waals surface area contributed by atoms with E-state index in [0.29, 0.717) is 45.8 Å². The number of aromatic nitrogens is 3. The topological polar surface area (TPSA) is 123 Å². The molecule has 0 saturated carbocycles. The lowest BCUT2D eigenvalue weighted by molar-refractivity contribution is -0.111. The third-order valence-electron chi connectivity index (χ3n) is 5.80. The summed E-state index contributed by atoms with van der Waals surface area (Å²) in [5.74, 6) is 2.25. The van der Waals surface area contributed by atoms with Gasteiger partial charge in [0, 0.05) is 31.8 Å². The van der Waals surface area contributed by atoms with Gasteiger partial charge in [0.25, 0.3) is 0 Å². The monoisotopic (exact) mass is 537 g/mol. The summed E-state index contributed by atoms with van der Waals surface area (Å²) in [6, 6.07) is 7.12. The summed E-state index contributed by atoms with van der Waals surface area (Å²) in [5, 5.41) is 6.06. The standard InChI is InChI=1S/C27H35N7O5/c1-9-24(35)30-18-14-19(21(36-5)15-20(18)34(4)11-10-33(2)3)31-27-29-16-28-26(32-27)17-12-22(37-6)25(39-8)23(13-17)38-7/h9,12-16H,1,10-11H2,2-8H3,(H,30,35)(H,28,29,31,32). The quantitative estimate of drug-likeness (QED) is 0.312. The number of carbonyl (C=O) groups excluding carboxylic acids is 1. The molecule has 0 radical (unpaired) electrons. The molecule has 0 saturated heterocycles. The van der Waals surface area contributed by atoms with Crippen LogP contribution in [0.4, 0.5) is 23.0 Å². The van der Waals surface area contributed by atoms with Crippen LogP contribution in [-0.4, -0.2) is 88.4 Å². The number of nitrogens with one attached hydrogen (secondary N) is 2. The first-order chi connectivity index (χ1) is 18.7. The molecule has 0 spiro atoms. The van der Waals surface area contributed by atoms with Gasteiger partial charge in [-0.2, -0.15) is 4.98 Å². The summed E-state index contributed by atoms with van der Waals surface area (Å²) in [5.41, 5.74) is 2.54. The summed E-state index contributed by atoms with van der Waals surface area (Å²) in [6.45, 7) is 5.11. The van der Waals surface area contributed by atoms with Crippen LogP contribution in [0.3, 0.4) is 0 Å². The van der Waals surface area contributed by atoms with Crippen LogP contribution >= 0.6 is 0 Å². The Balaban J connectivity index is 2.02. The Bertz CT molecular complexity index is 1290. The highest BCUT2D eigenvalue weighted by Crippen LogP contribution is 2.41. The Hall–Kier alpha value is -4.58. The number of methoxy groups -OCH3 is 4. The predicted molar refractivity (Wildman–Crippen MR) is 152 cm³/mol. The molecule has 12 nitrogen and oxygen atoms in total. The summed E-state index contributed by atoms with van der Waals surface area (Å²) in [7, 11) is 12.1. The van der Waals surface area contributed by atoms with E-state index >= 15 is 0 Å². The van der Waals surface area contributed by atoms with Gasteiger partial charge in [0.1, 0.15) is 12.1 Å². The van der Waals surface area contributed by atoms with Gasteiger partial charge in [-0.1, -0.05) is 6.58 Å². The molecule has 12 heteroatoms. The third kappa shape index (κ3) is 7.05. The minimum Gasteiger partial charge on any atom is -0.494 e. The van der Waals surface area contributed by atoms with Crippen molar-refractivity contribution in [3.63, 3.8) is 0 Å². The number of amides is 1. The molecule has 1 heterocycles. The van der Waals surface area contributed by atoms with Crippen molar-refractivity contribution in [1.29, 1.82) is 0 Å². The van der Waals surface area contributed by atoms with Crippen molar-refractivity contribution in [1.82, 2.24) is 19.9 Å². The van der Waals surface area contributed by atoms with Crippen molar-refractivity contribution in [3.8, 4) is 34.4 Å². The largest absolute Gasteiger partial charge is 0.494 e. The van der Waals surface area contributed by atoms with Crippen LogP contribution in [0, 0.1) is 0 Å². The SMILES string of the molecule is C=CC(=O)Nc1cc(Nc2ncnc(-c3cc(OC)c(OC)c(OC)c3)n2)c(OC)cc1N(C)CCN(C)C. The van der Waals surface area contributed by atoms with Crippen LogP contribution < -0.4 is 34.5 Å². The molecule has 208 valence electrons. The lowest BCUT2D eigenvalue weighted by atomic mass is 10.1. The van der Waals surface area contributed by atoms with E-state index in [4.69, 9.17) is 18.9 Å². The van der Waals surface area contributed by atoms with Gasteiger partial charge in [-0.15, -0.1) is 0 Å². The lowest BCUT2D eigenvalue weighted by Gasteiger charge is -2.26. The Labute approximate surface area is 228 Å². The Morgan fingerprint density at radius 3 is 2.13 bits per heavy atom. The Morgan fingerprint density at radius 1 is 0.897 bits per heavy atom. The molecule has 0 aliphatic carbocycles. The zero-order chi connectivity index (χ0) is 28.5. The van der Waals surface area contributed by atoms with Crippen molar-refractivity contribution in [2.45, 2.75) is 0 Å². The number of hydrogen-bond donors (Lipinski definition) is 2. The Kier molecular flexibility index (Phi) is 9.87. The van der Waals surface area contributed by atoms with Crippen molar-refractivity contribution in [2.75, 3.05) is 78.2 Å². The summed E-state index contributed by atoms with van der Waals surface area (Å²) in [4.78, 5) is 29.5. The normalized spacial score (nSPS) is 10.6. The van der Waals surface area contributed by atoms with Crippen molar-refractivity contribution in [3.05, 3.63) is 43.2 Å². The van der Waals surface area contributed by atoms with Crippen molar-refractivity contribution < 1.29 is 23.7 Å². The lowest BCUT2D eigenvalue weighted by Crippen LogP contribution is -2.29. The van der Waals surface area contributed by atoms with Crippen LogP contribution in [0.25, 0.3) is 11.4 Å². The smallest absolute Gasteiger partial charge is 0.247 e. The number of benzene rings is 2. The zero-order valence-electron chi connectivity index (χ0n) is 23.4. The van der Waals surface area contributed by atoms with E-state index in [0.717, 1.165) is 18.8 Å². The molecule has 0 unspecified atom stereocenters. The second kappa shape index (κ2) is 13.3. The first-order valence-corrected chi connectivity index (χ1v) is 12.0. The van der Waals surface area contributed by atoms with Crippen LogP contribution in [0.15, 0.2) is 43.2 Å². The molecule has 3 aromatic rings.